The highest BCUT2D eigenvalue weighted by atomic mass is 32.2. The van der Waals surface area contributed by atoms with Gasteiger partial charge in [0.05, 0.1) is 0 Å². The van der Waals surface area contributed by atoms with E-state index in [1.54, 1.807) is 6.08 Å². The summed E-state index contributed by atoms with van der Waals surface area (Å²) in [6.07, 6.45) is 1.63. The second-order valence-corrected chi connectivity index (χ2v) is 9.33. The van der Waals surface area contributed by atoms with Gasteiger partial charge < -0.3 is 26.1 Å². The average Bonchev–Trinajstić information content (AvgIpc) is 3.17. The summed E-state index contributed by atoms with van der Waals surface area (Å²) < 4.78 is 0. The number of aromatic nitrogens is 1. The second kappa shape index (κ2) is 10.1. The van der Waals surface area contributed by atoms with Crippen molar-refractivity contribution < 1.29 is 34.2 Å². The highest BCUT2D eigenvalue weighted by Gasteiger charge is 2.54. The summed E-state index contributed by atoms with van der Waals surface area (Å²) in [7, 11) is 0. The zero-order valence-electron chi connectivity index (χ0n) is 16.2. The number of anilines is 1. The standard InChI is InChI=1S/C17H17N5O7S3/c1-2-3-30-8-6-31-15-11(14(26)22(15)12(8)16(27)28)20-13(25)10(21-29-4-9(23)24)7-5-32-17(18)19-7/h2,5,11,15H,1,3-4,6H2,(H2,18,19)(H,20,25)(H,23,24)(H,27,28)/b21-10+/t11-,15-/m1/s1. The molecule has 2 atom stereocenters. The Balaban J connectivity index is 1.78. The van der Waals surface area contributed by atoms with Crippen molar-refractivity contribution in [1.82, 2.24) is 15.2 Å². The summed E-state index contributed by atoms with van der Waals surface area (Å²) in [6, 6.07) is -1.01. The number of carboxylic acids is 2. The molecule has 1 aromatic heterocycles. The predicted molar refractivity (Wildman–Crippen MR) is 119 cm³/mol. The number of fused-ring (bicyclic) bond motifs is 1. The van der Waals surface area contributed by atoms with Crippen LogP contribution in [0.15, 0.2) is 33.8 Å². The molecule has 1 saturated heterocycles. The molecule has 0 spiro atoms. The van der Waals surface area contributed by atoms with Gasteiger partial charge in [-0.1, -0.05) is 11.2 Å². The van der Waals surface area contributed by atoms with Crippen molar-refractivity contribution in [2.45, 2.75) is 11.4 Å². The molecular formula is C17H17N5O7S3. The largest absolute Gasteiger partial charge is 0.479 e. The number of nitrogens with two attached hydrogens (primary N) is 1. The zero-order valence-corrected chi connectivity index (χ0v) is 18.7. The van der Waals surface area contributed by atoms with Crippen molar-refractivity contribution in [3.8, 4) is 0 Å². The Bertz CT molecular complexity index is 1040. The fourth-order valence-electron chi connectivity index (χ4n) is 2.82. The van der Waals surface area contributed by atoms with Crippen LogP contribution >= 0.6 is 34.9 Å². The number of aliphatic carboxylic acids is 2. The first-order chi connectivity index (χ1) is 15.2. The minimum atomic E-state index is -1.30. The maximum atomic E-state index is 12.8. The van der Waals surface area contributed by atoms with Gasteiger partial charge in [-0.2, -0.15) is 0 Å². The van der Waals surface area contributed by atoms with E-state index in [-0.39, 0.29) is 22.2 Å². The Morgan fingerprint density at radius 1 is 1.47 bits per heavy atom. The lowest BCUT2D eigenvalue weighted by atomic mass is 10.0. The molecule has 0 aliphatic carbocycles. The molecule has 5 N–H and O–H groups in total. The Morgan fingerprint density at radius 2 is 2.22 bits per heavy atom. The number of hydrogen-bond acceptors (Lipinski definition) is 11. The smallest absolute Gasteiger partial charge is 0.353 e. The maximum Gasteiger partial charge on any atom is 0.353 e. The van der Waals surface area contributed by atoms with Crippen molar-refractivity contribution >= 4 is 69.5 Å². The summed E-state index contributed by atoms with van der Waals surface area (Å²) in [5.41, 5.74) is 5.16. The van der Waals surface area contributed by atoms with Crippen molar-refractivity contribution in [3.63, 3.8) is 0 Å². The normalized spacial score (nSPS) is 20.3. The van der Waals surface area contributed by atoms with E-state index in [0.29, 0.717) is 16.4 Å². The number of hydrogen-bond donors (Lipinski definition) is 4. The summed E-state index contributed by atoms with van der Waals surface area (Å²) in [5, 5.41) is 25.3. The Labute approximate surface area is 193 Å². The molecule has 170 valence electrons. The molecule has 1 aromatic rings. The molecule has 32 heavy (non-hydrogen) atoms. The first kappa shape index (κ1) is 23.6. The molecule has 2 aliphatic rings. The van der Waals surface area contributed by atoms with Crippen LogP contribution in [0, 0.1) is 0 Å². The van der Waals surface area contributed by atoms with Crippen LogP contribution in [0.1, 0.15) is 5.69 Å². The van der Waals surface area contributed by atoms with E-state index in [1.807, 2.05) is 0 Å². The van der Waals surface area contributed by atoms with Crippen LogP contribution in [0.4, 0.5) is 5.13 Å². The Morgan fingerprint density at radius 3 is 2.81 bits per heavy atom. The van der Waals surface area contributed by atoms with Crippen LogP contribution in [0.3, 0.4) is 0 Å². The molecule has 0 radical (unpaired) electrons. The highest BCUT2D eigenvalue weighted by molar-refractivity contribution is 8.06. The van der Waals surface area contributed by atoms with Gasteiger partial charge in [0.15, 0.2) is 10.8 Å². The van der Waals surface area contributed by atoms with Crippen LogP contribution in [0.25, 0.3) is 0 Å². The lowest BCUT2D eigenvalue weighted by Crippen LogP contribution is -2.71. The minimum Gasteiger partial charge on any atom is -0.479 e. The number of carbonyl (C=O) groups excluding carboxylic acids is 2. The monoisotopic (exact) mass is 499 g/mol. The van der Waals surface area contributed by atoms with Crippen LogP contribution < -0.4 is 11.1 Å². The van der Waals surface area contributed by atoms with E-state index in [0.717, 1.165) is 16.2 Å². The van der Waals surface area contributed by atoms with E-state index in [4.69, 9.17) is 10.8 Å². The van der Waals surface area contributed by atoms with Crippen molar-refractivity contribution in [1.29, 1.82) is 0 Å². The van der Waals surface area contributed by atoms with Gasteiger partial charge in [0.25, 0.3) is 11.8 Å². The van der Waals surface area contributed by atoms with Crippen LogP contribution in [-0.4, -0.2) is 79.1 Å². The number of thioether (sulfide) groups is 2. The van der Waals surface area contributed by atoms with Gasteiger partial charge in [0.2, 0.25) is 6.61 Å². The van der Waals surface area contributed by atoms with Gasteiger partial charge in [0, 0.05) is 21.8 Å². The number of carbonyl (C=O) groups is 4. The third kappa shape index (κ3) is 4.89. The van der Waals surface area contributed by atoms with Crippen LogP contribution in [-0.2, 0) is 24.0 Å². The first-order valence-electron chi connectivity index (χ1n) is 8.83. The molecule has 0 unspecified atom stereocenters. The maximum absolute atomic E-state index is 12.8. The number of nitrogen functional groups attached to an aromatic ring is 1. The Kier molecular flexibility index (Phi) is 7.42. The molecule has 2 amide bonds. The first-order valence-corrected chi connectivity index (χ1v) is 11.7. The van der Waals surface area contributed by atoms with Crippen LogP contribution in [0.2, 0.25) is 0 Å². The van der Waals surface area contributed by atoms with Gasteiger partial charge >= 0.3 is 11.9 Å². The van der Waals surface area contributed by atoms with E-state index in [2.05, 4.69) is 26.9 Å². The third-order valence-electron chi connectivity index (χ3n) is 4.12. The van der Waals surface area contributed by atoms with Crippen LogP contribution in [0.5, 0.6) is 0 Å². The van der Waals surface area contributed by atoms with Crippen molar-refractivity contribution in [2.24, 2.45) is 5.16 Å². The van der Waals surface area contributed by atoms with Crippen molar-refractivity contribution in [3.05, 3.63) is 34.3 Å². The van der Waals surface area contributed by atoms with E-state index >= 15 is 0 Å². The number of oxime groups is 1. The summed E-state index contributed by atoms with van der Waals surface area (Å²) in [4.78, 5) is 58.2. The predicted octanol–water partition coefficient (Wildman–Crippen LogP) is 0.146. The van der Waals surface area contributed by atoms with Gasteiger partial charge in [-0.15, -0.1) is 41.4 Å². The van der Waals surface area contributed by atoms with E-state index in [1.165, 1.54) is 28.9 Å². The summed E-state index contributed by atoms with van der Waals surface area (Å²) in [5.74, 6) is -3.12. The number of rotatable bonds is 10. The number of carboxylic acid groups (broad SMARTS) is 2. The molecule has 2 aliphatic heterocycles. The zero-order chi connectivity index (χ0) is 23.4. The second-order valence-electron chi connectivity index (χ2n) is 6.22. The summed E-state index contributed by atoms with van der Waals surface area (Å²) >= 11 is 3.63. The van der Waals surface area contributed by atoms with E-state index < -0.39 is 41.8 Å². The van der Waals surface area contributed by atoms with Crippen molar-refractivity contribution in [2.75, 3.05) is 23.8 Å². The number of β-lactam (4-membered cyclic amide) rings is 1. The minimum absolute atomic E-state index is 0.0459. The molecule has 0 saturated carbocycles. The fourth-order valence-corrected chi connectivity index (χ4v) is 5.74. The molecule has 3 rings (SSSR count). The molecule has 12 nitrogen and oxygen atoms in total. The molecule has 15 heteroatoms. The van der Waals surface area contributed by atoms with Gasteiger partial charge in [-0.3, -0.25) is 14.5 Å². The SMILES string of the molecule is C=CCSC1=C(C(=O)O)N2C(=O)[C@@H](NC(=O)/C(=N/OCC(=O)O)c3csc(N)n3)[C@H]2SC1. The number of amides is 2. The average molecular weight is 500 g/mol. The topological polar surface area (TPSA) is 185 Å². The Hall–Kier alpha value is -3.04. The molecule has 0 aromatic carbocycles. The number of thiazole rings is 1. The van der Waals surface area contributed by atoms with Gasteiger partial charge in [-0.05, 0) is 0 Å². The quantitative estimate of drug-likeness (QED) is 0.149. The lowest BCUT2D eigenvalue weighted by Gasteiger charge is -2.49. The lowest BCUT2D eigenvalue weighted by molar-refractivity contribution is -0.150. The number of nitrogens with zero attached hydrogens (tertiary/aromatic N) is 3. The highest BCUT2D eigenvalue weighted by Crippen LogP contribution is 2.43. The molecular weight excluding hydrogens is 482 g/mol. The fraction of sp³-hybridized carbons (Fsp3) is 0.294. The number of nitrogens with one attached hydrogen (secondary N) is 1. The van der Waals surface area contributed by atoms with Gasteiger partial charge in [0.1, 0.15) is 22.8 Å². The molecule has 3 heterocycles. The summed E-state index contributed by atoms with van der Waals surface area (Å²) in [6.45, 7) is 2.82. The van der Waals surface area contributed by atoms with Gasteiger partial charge in [-0.25, -0.2) is 14.6 Å². The molecule has 0 bridgehead atoms. The van der Waals surface area contributed by atoms with E-state index in [9.17, 15) is 24.3 Å². The third-order valence-corrected chi connectivity index (χ3v) is 7.35. The molecule has 1 fully saturated rings.